The van der Waals surface area contributed by atoms with Crippen molar-refractivity contribution in [2.45, 2.75) is 19.9 Å². The molecule has 1 heterocycles. The number of nitrogens with zero attached hydrogens (tertiary/aromatic N) is 1. The van der Waals surface area contributed by atoms with E-state index in [9.17, 15) is 4.39 Å². The monoisotopic (exact) mass is 285 g/mol. The first-order valence-electron chi connectivity index (χ1n) is 5.23. The maximum atomic E-state index is 13.2. The normalized spacial score (nSPS) is 19.8. The Kier molecular flexibility index (Phi) is 3.28. The van der Waals surface area contributed by atoms with Gasteiger partial charge in [0.25, 0.3) is 0 Å². The third kappa shape index (κ3) is 2.43. The summed E-state index contributed by atoms with van der Waals surface area (Å²) in [5, 5.41) is 0. The lowest BCUT2D eigenvalue weighted by molar-refractivity contribution is 0.292. The molecule has 0 bridgehead atoms. The van der Waals surface area contributed by atoms with Crippen molar-refractivity contribution < 1.29 is 9.13 Å². The van der Waals surface area contributed by atoms with Crippen LogP contribution in [0.1, 0.15) is 19.4 Å². The molecule has 4 heteroatoms. The highest BCUT2D eigenvalue weighted by atomic mass is 79.9. The molecule has 1 aliphatic rings. The van der Waals surface area contributed by atoms with Crippen LogP contribution in [0.3, 0.4) is 0 Å². The van der Waals surface area contributed by atoms with Gasteiger partial charge in [-0.05, 0) is 24.1 Å². The molecule has 0 radical (unpaired) electrons. The van der Waals surface area contributed by atoms with Crippen LogP contribution in [0.4, 0.5) is 4.39 Å². The van der Waals surface area contributed by atoms with Gasteiger partial charge in [0, 0.05) is 10.0 Å². The van der Waals surface area contributed by atoms with Gasteiger partial charge in [0.05, 0.1) is 6.04 Å². The Morgan fingerprint density at radius 1 is 1.44 bits per heavy atom. The fraction of sp³-hybridized carbons (Fsp3) is 0.417. The van der Waals surface area contributed by atoms with Crippen molar-refractivity contribution in [2.24, 2.45) is 10.9 Å². The topological polar surface area (TPSA) is 21.6 Å². The predicted molar refractivity (Wildman–Crippen MR) is 65.2 cm³/mol. The summed E-state index contributed by atoms with van der Waals surface area (Å²) in [6, 6.07) is 4.84. The van der Waals surface area contributed by atoms with Gasteiger partial charge in [-0.1, -0.05) is 29.8 Å². The van der Waals surface area contributed by atoms with E-state index in [0.29, 0.717) is 28.5 Å². The summed E-state index contributed by atoms with van der Waals surface area (Å²) in [6.07, 6.45) is 0. The van der Waals surface area contributed by atoms with Gasteiger partial charge in [0.15, 0.2) is 0 Å². The molecule has 1 aromatic carbocycles. The fourth-order valence-electron chi connectivity index (χ4n) is 1.57. The van der Waals surface area contributed by atoms with Gasteiger partial charge in [0.2, 0.25) is 5.90 Å². The average Bonchev–Trinajstić information content (AvgIpc) is 2.64. The number of halogens is 2. The predicted octanol–water partition coefficient (Wildman–Crippen LogP) is 3.39. The maximum absolute atomic E-state index is 13.2. The van der Waals surface area contributed by atoms with Crippen LogP contribution in [-0.2, 0) is 4.74 Å². The Labute approximate surface area is 103 Å². The van der Waals surface area contributed by atoms with Crippen molar-refractivity contribution >= 4 is 21.8 Å². The van der Waals surface area contributed by atoms with E-state index in [4.69, 9.17) is 4.74 Å². The van der Waals surface area contributed by atoms with Crippen molar-refractivity contribution in [3.05, 3.63) is 34.1 Å². The molecule has 0 saturated heterocycles. The lowest BCUT2D eigenvalue weighted by Crippen LogP contribution is -2.13. The molecule has 0 aliphatic carbocycles. The second kappa shape index (κ2) is 4.53. The number of ether oxygens (including phenoxy) is 1. The minimum Gasteiger partial charge on any atom is -0.475 e. The molecule has 0 saturated carbocycles. The first kappa shape index (κ1) is 11.6. The summed E-state index contributed by atoms with van der Waals surface area (Å²) in [7, 11) is 0. The molecule has 1 unspecified atom stereocenters. The number of benzene rings is 1. The van der Waals surface area contributed by atoms with E-state index in [1.54, 1.807) is 0 Å². The van der Waals surface area contributed by atoms with E-state index in [1.165, 1.54) is 12.1 Å². The average molecular weight is 286 g/mol. The number of aliphatic imine (C=N–C) groups is 1. The molecule has 16 heavy (non-hydrogen) atoms. The molecule has 0 spiro atoms. The van der Waals surface area contributed by atoms with Gasteiger partial charge < -0.3 is 4.74 Å². The summed E-state index contributed by atoms with van der Waals surface area (Å²) < 4.78 is 19.4. The molecule has 0 aromatic heterocycles. The van der Waals surface area contributed by atoms with Crippen molar-refractivity contribution in [2.75, 3.05) is 6.61 Å². The zero-order chi connectivity index (χ0) is 11.7. The van der Waals surface area contributed by atoms with Crippen LogP contribution < -0.4 is 0 Å². The van der Waals surface area contributed by atoms with E-state index in [1.807, 2.05) is 6.07 Å². The number of hydrogen-bond donors (Lipinski definition) is 0. The molecular weight excluding hydrogens is 273 g/mol. The summed E-state index contributed by atoms with van der Waals surface area (Å²) in [6.45, 7) is 4.78. The third-order valence-corrected chi connectivity index (χ3v) is 3.01. The molecule has 0 amide bonds. The van der Waals surface area contributed by atoms with Crippen molar-refractivity contribution in [3.63, 3.8) is 0 Å². The van der Waals surface area contributed by atoms with E-state index in [-0.39, 0.29) is 11.9 Å². The van der Waals surface area contributed by atoms with Crippen LogP contribution in [0.5, 0.6) is 0 Å². The summed E-state index contributed by atoms with van der Waals surface area (Å²) in [4.78, 5) is 4.45. The molecule has 1 atom stereocenters. The number of hydrogen-bond acceptors (Lipinski definition) is 2. The van der Waals surface area contributed by atoms with Crippen LogP contribution in [-0.4, -0.2) is 18.5 Å². The van der Waals surface area contributed by atoms with Gasteiger partial charge in [-0.3, -0.25) is 0 Å². The maximum Gasteiger partial charge on any atom is 0.216 e. The van der Waals surface area contributed by atoms with E-state index in [0.717, 1.165) is 0 Å². The minimum atomic E-state index is -0.288. The second-order valence-corrected chi connectivity index (χ2v) is 5.13. The van der Waals surface area contributed by atoms with Crippen LogP contribution >= 0.6 is 15.9 Å². The summed E-state index contributed by atoms with van der Waals surface area (Å²) in [5.74, 6) is 0.692. The lowest BCUT2D eigenvalue weighted by atomic mass is 10.1. The van der Waals surface area contributed by atoms with Crippen molar-refractivity contribution in [3.8, 4) is 0 Å². The highest BCUT2D eigenvalue weighted by molar-refractivity contribution is 9.10. The third-order valence-electron chi connectivity index (χ3n) is 2.55. The molecular formula is C12H13BrFNO. The largest absolute Gasteiger partial charge is 0.475 e. The Hall–Kier alpha value is -0.900. The highest BCUT2D eigenvalue weighted by Gasteiger charge is 2.23. The molecule has 0 fully saturated rings. The van der Waals surface area contributed by atoms with E-state index < -0.39 is 0 Å². The van der Waals surface area contributed by atoms with Gasteiger partial charge in [-0.2, -0.15) is 0 Å². The summed E-state index contributed by atoms with van der Waals surface area (Å²) >= 11 is 3.25. The molecule has 1 aliphatic heterocycles. The molecule has 2 nitrogen and oxygen atoms in total. The lowest BCUT2D eigenvalue weighted by Gasteiger charge is -2.06. The zero-order valence-electron chi connectivity index (χ0n) is 9.21. The standard InChI is InChI=1S/C12H13BrFNO/c1-7(2)11-6-16-12(15-11)8-3-9(13)5-10(14)4-8/h3-5,7,11H,6H2,1-2H3. The van der Waals surface area contributed by atoms with Crippen molar-refractivity contribution in [1.29, 1.82) is 0 Å². The second-order valence-electron chi connectivity index (χ2n) is 4.21. The quantitative estimate of drug-likeness (QED) is 0.816. The first-order chi connectivity index (χ1) is 7.56. The Bertz CT molecular complexity index is 411. The van der Waals surface area contributed by atoms with Gasteiger partial charge in [-0.25, -0.2) is 9.38 Å². The van der Waals surface area contributed by atoms with Crippen LogP contribution in [0, 0.1) is 11.7 Å². The SMILES string of the molecule is CC(C)C1COC(c2cc(F)cc(Br)c2)=N1. The fourth-order valence-corrected chi connectivity index (χ4v) is 2.03. The minimum absolute atomic E-state index is 0.178. The first-order valence-corrected chi connectivity index (χ1v) is 6.02. The molecule has 0 N–H and O–H groups in total. The van der Waals surface area contributed by atoms with Crippen LogP contribution in [0.2, 0.25) is 0 Å². The van der Waals surface area contributed by atoms with E-state index >= 15 is 0 Å². The summed E-state index contributed by atoms with van der Waals surface area (Å²) in [5.41, 5.74) is 0.690. The Balaban J connectivity index is 2.28. The van der Waals surface area contributed by atoms with Crippen molar-refractivity contribution in [1.82, 2.24) is 0 Å². The smallest absolute Gasteiger partial charge is 0.216 e. The molecule has 86 valence electrons. The van der Waals surface area contributed by atoms with E-state index in [2.05, 4.69) is 34.8 Å². The zero-order valence-corrected chi connectivity index (χ0v) is 10.8. The van der Waals surface area contributed by atoms with Gasteiger partial charge in [-0.15, -0.1) is 0 Å². The van der Waals surface area contributed by atoms with Gasteiger partial charge in [0.1, 0.15) is 12.4 Å². The Morgan fingerprint density at radius 2 is 2.19 bits per heavy atom. The highest BCUT2D eigenvalue weighted by Crippen LogP contribution is 2.21. The molecule has 2 rings (SSSR count). The van der Waals surface area contributed by atoms with Gasteiger partial charge >= 0.3 is 0 Å². The molecule has 1 aromatic rings. The Morgan fingerprint density at radius 3 is 2.75 bits per heavy atom. The number of rotatable bonds is 2. The van der Waals surface area contributed by atoms with Crippen LogP contribution in [0.15, 0.2) is 27.7 Å². The van der Waals surface area contributed by atoms with Crippen LogP contribution in [0.25, 0.3) is 0 Å².